The van der Waals surface area contributed by atoms with E-state index in [2.05, 4.69) is 5.32 Å². The lowest BCUT2D eigenvalue weighted by Crippen LogP contribution is -2.30. The summed E-state index contributed by atoms with van der Waals surface area (Å²) in [7, 11) is 1.42. The van der Waals surface area contributed by atoms with Gasteiger partial charge in [0.15, 0.2) is 6.10 Å². The smallest absolute Gasteiger partial charge is 0.271 e. The third-order valence-corrected chi connectivity index (χ3v) is 3.66. The fourth-order valence-electron chi connectivity index (χ4n) is 2.32. The molecule has 0 fully saturated rings. The Bertz CT molecular complexity index is 804. The van der Waals surface area contributed by atoms with Gasteiger partial charge >= 0.3 is 0 Å². The van der Waals surface area contributed by atoms with Crippen LogP contribution in [-0.4, -0.2) is 24.0 Å². The summed E-state index contributed by atoms with van der Waals surface area (Å²) in [5.41, 5.74) is 2.10. The van der Waals surface area contributed by atoms with Gasteiger partial charge in [-0.15, -0.1) is 0 Å². The second kappa shape index (κ2) is 7.65. The van der Waals surface area contributed by atoms with Crippen molar-refractivity contribution < 1.29 is 19.2 Å². The summed E-state index contributed by atoms with van der Waals surface area (Å²) < 4.78 is 10.8. The number of nitro benzene ring substituents is 1. The lowest BCUT2D eigenvalue weighted by atomic mass is 10.1. The van der Waals surface area contributed by atoms with Crippen LogP contribution in [0.5, 0.6) is 11.5 Å². The summed E-state index contributed by atoms with van der Waals surface area (Å²) in [6.45, 7) is 5.48. The number of hydrogen-bond acceptors (Lipinski definition) is 5. The first-order chi connectivity index (χ1) is 11.8. The quantitative estimate of drug-likeness (QED) is 0.638. The standard InChI is InChI=1S/C18H20N2O5/c1-11-5-7-16(12(2)9-11)25-13(3)18(21)19-15-10-14(20(22)23)6-8-17(15)24-4/h5-10,13H,1-4H3,(H,19,21). The summed E-state index contributed by atoms with van der Waals surface area (Å²) in [5.74, 6) is 0.510. The van der Waals surface area contributed by atoms with Gasteiger partial charge in [0.25, 0.3) is 11.6 Å². The molecule has 0 aliphatic carbocycles. The highest BCUT2D eigenvalue weighted by molar-refractivity contribution is 5.95. The molecule has 1 unspecified atom stereocenters. The number of nitrogens with zero attached hydrogens (tertiary/aromatic N) is 1. The van der Waals surface area contributed by atoms with Crippen molar-refractivity contribution in [3.8, 4) is 11.5 Å². The average Bonchev–Trinajstić information content (AvgIpc) is 2.57. The SMILES string of the molecule is COc1ccc([N+](=O)[O-])cc1NC(=O)C(C)Oc1ccc(C)cc1C. The lowest BCUT2D eigenvalue weighted by Gasteiger charge is -2.17. The van der Waals surface area contributed by atoms with Crippen molar-refractivity contribution >= 4 is 17.3 Å². The van der Waals surface area contributed by atoms with E-state index in [0.717, 1.165) is 11.1 Å². The van der Waals surface area contributed by atoms with E-state index in [1.165, 1.54) is 25.3 Å². The van der Waals surface area contributed by atoms with Crippen LogP contribution >= 0.6 is 0 Å². The number of benzene rings is 2. The van der Waals surface area contributed by atoms with Crippen molar-refractivity contribution in [3.05, 3.63) is 57.6 Å². The van der Waals surface area contributed by atoms with Gasteiger partial charge in [0, 0.05) is 12.1 Å². The van der Waals surface area contributed by atoms with Gasteiger partial charge in [-0.1, -0.05) is 17.7 Å². The number of non-ortho nitro benzene ring substituents is 1. The van der Waals surface area contributed by atoms with Crippen LogP contribution in [0, 0.1) is 24.0 Å². The van der Waals surface area contributed by atoms with Crippen molar-refractivity contribution in [1.29, 1.82) is 0 Å². The number of ether oxygens (including phenoxy) is 2. The minimum Gasteiger partial charge on any atom is -0.495 e. The molecule has 2 aromatic carbocycles. The predicted molar refractivity (Wildman–Crippen MR) is 94.3 cm³/mol. The minimum absolute atomic E-state index is 0.140. The highest BCUT2D eigenvalue weighted by atomic mass is 16.6. The molecule has 0 aliphatic rings. The van der Waals surface area contributed by atoms with Crippen LogP contribution in [0.25, 0.3) is 0 Å². The maximum Gasteiger partial charge on any atom is 0.271 e. The van der Waals surface area contributed by atoms with Crippen LogP contribution in [0.2, 0.25) is 0 Å². The highest BCUT2D eigenvalue weighted by Crippen LogP contribution is 2.29. The zero-order chi connectivity index (χ0) is 18.6. The molecule has 2 aromatic rings. The molecule has 2 rings (SSSR count). The third kappa shape index (κ3) is 4.47. The molecular formula is C18H20N2O5. The van der Waals surface area contributed by atoms with Gasteiger partial charge in [-0.2, -0.15) is 0 Å². The van der Waals surface area contributed by atoms with E-state index in [9.17, 15) is 14.9 Å². The Morgan fingerprint density at radius 3 is 2.44 bits per heavy atom. The molecule has 1 amide bonds. The van der Waals surface area contributed by atoms with Crippen molar-refractivity contribution in [1.82, 2.24) is 0 Å². The van der Waals surface area contributed by atoms with Crippen molar-refractivity contribution in [2.24, 2.45) is 0 Å². The maximum absolute atomic E-state index is 12.4. The Labute approximate surface area is 145 Å². The number of methoxy groups -OCH3 is 1. The fraction of sp³-hybridized carbons (Fsp3) is 0.278. The summed E-state index contributed by atoms with van der Waals surface area (Å²) in [6.07, 6.45) is -0.787. The molecule has 1 N–H and O–H groups in total. The number of carbonyl (C=O) groups excluding carboxylic acids is 1. The van der Waals surface area contributed by atoms with E-state index in [1.807, 2.05) is 32.0 Å². The number of rotatable bonds is 6. The van der Waals surface area contributed by atoms with Crippen LogP contribution in [0.1, 0.15) is 18.1 Å². The highest BCUT2D eigenvalue weighted by Gasteiger charge is 2.19. The summed E-state index contributed by atoms with van der Waals surface area (Å²) in [4.78, 5) is 22.8. The van der Waals surface area contributed by atoms with Gasteiger partial charge in [-0.3, -0.25) is 14.9 Å². The van der Waals surface area contributed by atoms with E-state index in [4.69, 9.17) is 9.47 Å². The van der Waals surface area contributed by atoms with Crippen LogP contribution in [0.4, 0.5) is 11.4 Å². The third-order valence-electron chi connectivity index (χ3n) is 3.66. The topological polar surface area (TPSA) is 90.7 Å². The van der Waals surface area contributed by atoms with Gasteiger partial charge in [0.1, 0.15) is 11.5 Å². The Balaban J connectivity index is 2.15. The molecule has 25 heavy (non-hydrogen) atoms. The summed E-state index contributed by atoms with van der Waals surface area (Å²) in [6, 6.07) is 9.66. The van der Waals surface area contributed by atoms with Crippen LogP contribution in [-0.2, 0) is 4.79 Å². The molecule has 0 bridgehead atoms. The van der Waals surface area contributed by atoms with E-state index >= 15 is 0 Å². The molecule has 0 aliphatic heterocycles. The van der Waals surface area contributed by atoms with Gasteiger partial charge in [-0.25, -0.2) is 0 Å². The molecule has 7 nitrogen and oxygen atoms in total. The number of amides is 1. The van der Waals surface area contributed by atoms with E-state index in [0.29, 0.717) is 11.5 Å². The number of carbonyl (C=O) groups is 1. The molecule has 0 heterocycles. The van der Waals surface area contributed by atoms with Gasteiger partial charge in [-0.05, 0) is 38.5 Å². The predicted octanol–water partition coefficient (Wildman–Crippen LogP) is 3.63. The second-order valence-electron chi connectivity index (χ2n) is 5.66. The van der Waals surface area contributed by atoms with Crippen molar-refractivity contribution in [2.75, 3.05) is 12.4 Å². The zero-order valence-corrected chi connectivity index (χ0v) is 14.5. The molecular weight excluding hydrogens is 324 g/mol. The molecule has 7 heteroatoms. The van der Waals surface area contributed by atoms with Crippen molar-refractivity contribution in [3.63, 3.8) is 0 Å². The number of anilines is 1. The molecule has 0 radical (unpaired) electrons. The van der Waals surface area contributed by atoms with Gasteiger partial charge in [0.05, 0.1) is 17.7 Å². The zero-order valence-electron chi connectivity index (χ0n) is 14.5. The number of nitrogens with one attached hydrogen (secondary N) is 1. The molecule has 0 saturated heterocycles. The average molecular weight is 344 g/mol. The number of aryl methyl sites for hydroxylation is 2. The maximum atomic E-state index is 12.4. The Morgan fingerprint density at radius 1 is 1.16 bits per heavy atom. The van der Waals surface area contributed by atoms with Crippen LogP contribution in [0.3, 0.4) is 0 Å². The van der Waals surface area contributed by atoms with Crippen LogP contribution in [0.15, 0.2) is 36.4 Å². The summed E-state index contributed by atoms with van der Waals surface area (Å²) >= 11 is 0. The van der Waals surface area contributed by atoms with E-state index < -0.39 is 16.9 Å². The normalized spacial score (nSPS) is 11.5. The fourth-order valence-corrected chi connectivity index (χ4v) is 2.32. The first-order valence-electron chi connectivity index (χ1n) is 7.69. The number of hydrogen-bond donors (Lipinski definition) is 1. The largest absolute Gasteiger partial charge is 0.495 e. The second-order valence-corrected chi connectivity index (χ2v) is 5.66. The van der Waals surface area contributed by atoms with Gasteiger partial charge in [0.2, 0.25) is 0 Å². The molecule has 1 atom stereocenters. The molecule has 0 spiro atoms. The Kier molecular flexibility index (Phi) is 5.59. The minimum atomic E-state index is -0.787. The monoisotopic (exact) mass is 344 g/mol. The number of nitro groups is 1. The molecule has 132 valence electrons. The van der Waals surface area contributed by atoms with Crippen molar-refractivity contribution in [2.45, 2.75) is 26.9 Å². The van der Waals surface area contributed by atoms with E-state index in [-0.39, 0.29) is 11.4 Å². The lowest BCUT2D eigenvalue weighted by molar-refractivity contribution is -0.384. The van der Waals surface area contributed by atoms with Gasteiger partial charge < -0.3 is 14.8 Å². The molecule has 0 saturated carbocycles. The van der Waals surface area contributed by atoms with Crippen LogP contribution < -0.4 is 14.8 Å². The first-order valence-corrected chi connectivity index (χ1v) is 7.69. The first kappa shape index (κ1) is 18.3. The molecule has 0 aromatic heterocycles. The van der Waals surface area contributed by atoms with E-state index in [1.54, 1.807) is 6.92 Å². The Hall–Kier alpha value is -3.09. The summed E-state index contributed by atoms with van der Waals surface area (Å²) in [5, 5.41) is 13.5. The Morgan fingerprint density at radius 2 is 1.84 bits per heavy atom.